The Bertz CT molecular complexity index is 942. The van der Waals surface area contributed by atoms with Crippen molar-refractivity contribution >= 4 is 42.1 Å². The number of hydrogen-bond donors (Lipinski definition) is 0. The molecule has 39 heavy (non-hydrogen) atoms. The molecule has 15 heteroatoms. The zero-order valence-electron chi connectivity index (χ0n) is 22.3. The third-order valence-electron chi connectivity index (χ3n) is 4.75. The van der Waals surface area contributed by atoms with Crippen LogP contribution in [-0.4, -0.2) is 98.2 Å². The monoisotopic (exact) mass is 560 g/mol. The maximum Gasteiger partial charge on any atom is 0.303 e. The number of esters is 6. The Balaban J connectivity index is 3.58. The van der Waals surface area contributed by atoms with Gasteiger partial charge in [0.2, 0.25) is 0 Å². The maximum absolute atomic E-state index is 12.0. The molecule has 0 aromatic carbocycles. The van der Waals surface area contributed by atoms with Gasteiger partial charge in [-0.05, 0) is 12.2 Å². The Morgan fingerprint density at radius 1 is 0.718 bits per heavy atom. The SMILES string of the molecule is CC(=O)OC[C@H]1O[C@@H](O[C@@H](/C=C/C=O)[C@@H](COC(C)=O)OC(C)=O)[C@H](OC(C)=O)[C@@H](OC(C)=O)[C@H]1OC(C)=O. The van der Waals surface area contributed by atoms with Gasteiger partial charge in [0.05, 0.1) is 0 Å². The first-order valence-electron chi connectivity index (χ1n) is 11.6. The molecule has 0 saturated carbocycles. The molecule has 0 bridgehead atoms. The van der Waals surface area contributed by atoms with Crippen LogP contribution in [0.2, 0.25) is 0 Å². The Hall–Kier alpha value is -3.85. The van der Waals surface area contributed by atoms with Crippen LogP contribution in [-0.2, 0) is 71.5 Å². The van der Waals surface area contributed by atoms with Gasteiger partial charge in [0.15, 0.2) is 30.7 Å². The van der Waals surface area contributed by atoms with Crippen molar-refractivity contribution in [2.45, 2.75) is 84.5 Å². The number of hydrogen-bond acceptors (Lipinski definition) is 15. The van der Waals surface area contributed by atoms with E-state index in [1.165, 1.54) is 0 Å². The highest BCUT2D eigenvalue weighted by atomic mass is 16.7. The zero-order chi connectivity index (χ0) is 29.7. The first kappa shape index (κ1) is 33.2. The van der Waals surface area contributed by atoms with Crippen LogP contribution in [0.4, 0.5) is 0 Å². The lowest BCUT2D eigenvalue weighted by molar-refractivity contribution is -0.318. The number of carbonyl (C=O) groups excluding carboxylic acids is 7. The van der Waals surface area contributed by atoms with Crippen LogP contribution in [0.5, 0.6) is 0 Å². The van der Waals surface area contributed by atoms with Gasteiger partial charge in [-0.1, -0.05) is 0 Å². The van der Waals surface area contributed by atoms with Crippen molar-refractivity contribution in [1.29, 1.82) is 0 Å². The summed E-state index contributed by atoms with van der Waals surface area (Å²) in [5.74, 6) is -4.76. The normalized spacial score (nSPS) is 24.0. The smallest absolute Gasteiger partial charge is 0.303 e. The number of allylic oxidation sites excluding steroid dienone is 1. The van der Waals surface area contributed by atoms with Gasteiger partial charge in [-0.15, -0.1) is 0 Å². The number of aldehydes is 1. The Labute approximate surface area is 223 Å². The third kappa shape index (κ3) is 12.0. The minimum absolute atomic E-state index is 0.389. The summed E-state index contributed by atoms with van der Waals surface area (Å²) in [6.07, 6.45) is -7.64. The molecule has 0 aromatic rings. The lowest BCUT2D eigenvalue weighted by atomic mass is 9.98. The fourth-order valence-electron chi connectivity index (χ4n) is 3.47. The van der Waals surface area contributed by atoms with Crippen LogP contribution in [0, 0.1) is 0 Å². The number of carbonyl (C=O) groups is 7. The van der Waals surface area contributed by atoms with Gasteiger partial charge < -0.3 is 37.9 Å². The lowest BCUT2D eigenvalue weighted by Gasteiger charge is -2.45. The van der Waals surface area contributed by atoms with Crippen molar-refractivity contribution < 1.29 is 71.5 Å². The molecule has 1 rings (SSSR count). The largest absolute Gasteiger partial charge is 0.463 e. The van der Waals surface area contributed by atoms with Gasteiger partial charge in [-0.25, -0.2) is 0 Å². The highest BCUT2D eigenvalue weighted by Gasteiger charge is 2.53. The van der Waals surface area contributed by atoms with Gasteiger partial charge in [0, 0.05) is 41.5 Å². The van der Waals surface area contributed by atoms with E-state index in [4.69, 9.17) is 37.9 Å². The van der Waals surface area contributed by atoms with Crippen molar-refractivity contribution in [1.82, 2.24) is 0 Å². The van der Waals surface area contributed by atoms with E-state index in [1.54, 1.807) is 0 Å². The van der Waals surface area contributed by atoms with Crippen molar-refractivity contribution in [3.8, 4) is 0 Å². The van der Waals surface area contributed by atoms with Gasteiger partial charge >= 0.3 is 35.8 Å². The van der Waals surface area contributed by atoms with E-state index >= 15 is 0 Å². The Kier molecular flexibility index (Phi) is 13.8. The third-order valence-corrected chi connectivity index (χ3v) is 4.75. The molecule has 0 aliphatic carbocycles. The van der Waals surface area contributed by atoms with Gasteiger partial charge in [0.1, 0.15) is 31.7 Å². The van der Waals surface area contributed by atoms with Crippen molar-refractivity contribution in [3.63, 3.8) is 0 Å². The van der Waals surface area contributed by atoms with E-state index in [-0.39, 0.29) is 0 Å². The average molecular weight is 561 g/mol. The second kappa shape index (κ2) is 16.2. The Morgan fingerprint density at radius 2 is 1.26 bits per heavy atom. The predicted octanol–water partition coefficient (Wildman–Crippen LogP) is -0.295. The molecule has 1 fully saturated rings. The van der Waals surface area contributed by atoms with Crippen LogP contribution in [0.15, 0.2) is 12.2 Å². The summed E-state index contributed by atoms with van der Waals surface area (Å²) in [6.45, 7) is 5.45. The molecule has 1 saturated heterocycles. The van der Waals surface area contributed by atoms with Crippen LogP contribution < -0.4 is 0 Å². The summed E-state index contributed by atoms with van der Waals surface area (Å²) in [5.41, 5.74) is 0. The van der Waals surface area contributed by atoms with E-state index in [1.807, 2.05) is 0 Å². The van der Waals surface area contributed by atoms with Crippen LogP contribution >= 0.6 is 0 Å². The molecule has 0 aromatic heterocycles. The summed E-state index contributed by atoms with van der Waals surface area (Å²) < 4.78 is 42.8. The van der Waals surface area contributed by atoms with E-state index in [0.717, 1.165) is 53.7 Å². The second-order valence-electron chi connectivity index (χ2n) is 8.14. The summed E-state index contributed by atoms with van der Waals surface area (Å²) >= 11 is 0. The molecule has 218 valence electrons. The van der Waals surface area contributed by atoms with E-state index in [2.05, 4.69) is 0 Å². The molecule has 15 nitrogen and oxygen atoms in total. The van der Waals surface area contributed by atoms with Gasteiger partial charge in [-0.3, -0.25) is 33.6 Å². The van der Waals surface area contributed by atoms with E-state index < -0.39 is 91.9 Å². The highest BCUT2D eigenvalue weighted by Crippen LogP contribution is 2.31. The molecule has 0 radical (unpaired) electrons. The molecule has 1 aliphatic rings. The lowest BCUT2D eigenvalue weighted by Crippen LogP contribution is -2.63. The summed E-state index contributed by atoms with van der Waals surface area (Å²) in [4.78, 5) is 81.5. The fraction of sp³-hybridized carbons (Fsp3) is 0.625. The predicted molar refractivity (Wildman–Crippen MR) is 124 cm³/mol. The number of rotatable bonds is 13. The molecule has 0 spiro atoms. The first-order valence-corrected chi connectivity index (χ1v) is 11.6. The van der Waals surface area contributed by atoms with E-state index in [0.29, 0.717) is 6.29 Å². The van der Waals surface area contributed by atoms with Crippen molar-refractivity contribution in [2.24, 2.45) is 0 Å². The average Bonchev–Trinajstić information content (AvgIpc) is 2.80. The highest BCUT2D eigenvalue weighted by molar-refractivity contribution is 5.69. The minimum Gasteiger partial charge on any atom is -0.463 e. The quantitative estimate of drug-likeness (QED) is 0.123. The van der Waals surface area contributed by atoms with Crippen molar-refractivity contribution in [2.75, 3.05) is 13.2 Å². The Morgan fingerprint density at radius 3 is 1.74 bits per heavy atom. The number of ether oxygens (including phenoxy) is 8. The fourth-order valence-corrected chi connectivity index (χ4v) is 3.47. The minimum atomic E-state index is -1.65. The summed E-state index contributed by atoms with van der Waals surface area (Å²) in [7, 11) is 0. The molecule has 0 amide bonds. The van der Waals surface area contributed by atoms with E-state index in [9.17, 15) is 33.6 Å². The molecular weight excluding hydrogens is 528 g/mol. The molecule has 0 unspecified atom stereocenters. The maximum atomic E-state index is 12.0. The van der Waals surface area contributed by atoms with Crippen LogP contribution in [0.25, 0.3) is 0 Å². The topological polar surface area (TPSA) is 193 Å². The molecular formula is C24H32O15. The molecule has 0 N–H and O–H groups in total. The summed E-state index contributed by atoms with van der Waals surface area (Å²) in [6, 6.07) is 0. The van der Waals surface area contributed by atoms with Gasteiger partial charge in [0.25, 0.3) is 0 Å². The molecule has 7 atom stereocenters. The standard InChI is InChI=1S/C24H32O15/c1-12(26)32-10-19(34-14(3)28)18(8-7-9-25)38-24-23(37-17(6)31)22(36-16(5)30)21(35-15(4)29)20(39-24)11-33-13(2)27/h7-9,18-24H,10-11H2,1-6H3/b8-7+/t18-,19+,20+,21-,22-,23+,24+/m0/s1. The van der Waals surface area contributed by atoms with Crippen LogP contribution in [0.1, 0.15) is 41.5 Å². The van der Waals surface area contributed by atoms with Crippen molar-refractivity contribution in [3.05, 3.63) is 12.2 Å². The van der Waals surface area contributed by atoms with Crippen LogP contribution in [0.3, 0.4) is 0 Å². The first-order chi connectivity index (χ1) is 18.2. The zero-order valence-corrected chi connectivity index (χ0v) is 22.3. The molecule has 1 heterocycles. The summed E-state index contributed by atoms with van der Waals surface area (Å²) in [5, 5.41) is 0. The molecule has 1 aliphatic heterocycles. The second-order valence-corrected chi connectivity index (χ2v) is 8.14. The van der Waals surface area contributed by atoms with Gasteiger partial charge in [-0.2, -0.15) is 0 Å².